The van der Waals surface area contributed by atoms with Gasteiger partial charge in [0.25, 0.3) is 0 Å². The molecule has 0 bridgehead atoms. The third-order valence-corrected chi connectivity index (χ3v) is 3.36. The molecule has 2 heteroatoms. The quantitative estimate of drug-likeness (QED) is 0.551. The van der Waals surface area contributed by atoms with Crippen LogP contribution < -0.4 is 5.73 Å². The van der Waals surface area contributed by atoms with E-state index in [0.717, 1.165) is 27.6 Å². The Labute approximate surface area is 113 Å². The molecule has 2 rings (SSSR count). The Morgan fingerprint density at radius 1 is 1.22 bits per heavy atom. The molecular formula is C16H16ClN. The number of halogens is 1. The number of anilines is 1. The fraction of sp³-hybridized carbons (Fsp3) is 0.250. The molecule has 0 amide bonds. The predicted octanol–water partition coefficient (Wildman–Crippen LogP) is 4.35. The van der Waals surface area contributed by atoms with E-state index in [2.05, 4.69) is 26.7 Å². The van der Waals surface area contributed by atoms with Crippen molar-refractivity contribution in [3.05, 3.63) is 40.4 Å². The lowest BCUT2D eigenvalue weighted by atomic mass is 9.82. The smallest absolute Gasteiger partial charge is 0.0569 e. The normalized spacial score (nSPS) is 11.5. The van der Waals surface area contributed by atoms with Gasteiger partial charge in [-0.1, -0.05) is 44.4 Å². The van der Waals surface area contributed by atoms with E-state index in [0.29, 0.717) is 5.02 Å². The highest BCUT2D eigenvalue weighted by atomic mass is 35.5. The van der Waals surface area contributed by atoms with Crippen LogP contribution >= 0.6 is 11.6 Å². The topological polar surface area (TPSA) is 26.0 Å². The number of hydrogen-bond acceptors (Lipinski definition) is 1. The maximum atomic E-state index is 6.19. The van der Waals surface area contributed by atoms with Gasteiger partial charge in [0.15, 0.2) is 0 Å². The lowest BCUT2D eigenvalue weighted by molar-refractivity contribution is 0.596. The molecule has 2 aromatic carbocycles. The van der Waals surface area contributed by atoms with Gasteiger partial charge in [-0.2, -0.15) is 0 Å². The molecule has 0 atom stereocenters. The van der Waals surface area contributed by atoms with E-state index in [-0.39, 0.29) is 5.41 Å². The van der Waals surface area contributed by atoms with Crippen LogP contribution in [0, 0.1) is 12.3 Å². The molecule has 0 fully saturated rings. The molecule has 0 aromatic heterocycles. The highest BCUT2D eigenvalue weighted by Crippen LogP contribution is 2.36. The summed E-state index contributed by atoms with van der Waals surface area (Å²) in [6.07, 6.45) is 5.60. The lowest BCUT2D eigenvalue weighted by Gasteiger charge is -2.23. The van der Waals surface area contributed by atoms with Gasteiger partial charge in [-0.15, -0.1) is 6.42 Å². The number of benzene rings is 2. The average Bonchev–Trinajstić information content (AvgIpc) is 2.27. The fourth-order valence-corrected chi connectivity index (χ4v) is 2.41. The van der Waals surface area contributed by atoms with E-state index in [1.807, 2.05) is 24.3 Å². The number of nitrogen functional groups attached to an aromatic ring is 1. The zero-order valence-corrected chi connectivity index (χ0v) is 11.6. The van der Waals surface area contributed by atoms with Crippen LogP contribution in [-0.2, 0) is 5.41 Å². The summed E-state index contributed by atoms with van der Waals surface area (Å²) < 4.78 is 0. The summed E-state index contributed by atoms with van der Waals surface area (Å²) in [5.74, 6) is 2.70. The van der Waals surface area contributed by atoms with Gasteiger partial charge in [0.05, 0.1) is 10.6 Å². The molecule has 0 saturated carbocycles. The largest absolute Gasteiger partial charge is 0.399 e. The number of terminal acetylenes is 1. The second-order valence-electron chi connectivity index (χ2n) is 5.48. The van der Waals surface area contributed by atoms with Crippen LogP contribution in [0.5, 0.6) is 0 Å². The van der Waals surface area contributed by atoms with Gasteiger partial charge >= 0.3 is 0 Å². The molecular weight excluding hydrogens is 242 g/mol. The van der Waals surface area contributed by atoms with E-state index >= 15 is 0 Å². The molecule has 0 saturated heterocycles. The first-order valence-corrected chi connectivity index (χ1v) is 6.21. The Kier molecular flexibility index (Phi) is 3.00. The van der Waals surface area contributed by atoms with Crippen molar-refractivity contribution in [3.8, 4) is 12.3 Å². The molecule has 0 aliphatic rings. The Balaban J connectivity index is 3.02. The van der Waals surface area contributed by atoms with Crippen molar-refractivity contribution in [1.82, 2.24) is 0 Å². The predicted molar refractivity (Wildman–Crippen MR) is 80.0 cm³/mol. The highest BCUT2D eigenvalue weighted by molar-refractivity contribution is 6.33. The van der Waals surface area contributed by atoms with Crippen LogP contribution in [0.4, 0.5) is 5.69 Å². The Morgan fingerprint density at radius 3 is 2.44 bits per heavy atom. The molecule has 0 aliphatic heterocycles. The third kappa shape index (κ3) is 2.05. The van der Waals surface area contributed by atoms with Crippen LogP contribution in [0.25, 0.3) is 10.8 Å². The van der Waals surface area contributed by atoms with Crippen molar-refractivity contribution in [3.63, 3.8) is 0 Å². The minimum Gasteiger partial charge on any atom is -0.399 e. The zero-order chi connectivity index (χ0) is 13.5. The fourth-order valence-electron chi connectivity index (χ4n) is 2.20. The van der Waals surface area contributed by atoms with Crippen molar-refractivity contribution in [2.75, 3.05) is 5.73 Å². The Morgan fingerprint density at radius 2 is 1.89 bits per heavy atom. The van der Waals surface area contributed by atoms with Gasteiger partial charge in [-0.3, -0.25) is 0 Å². The highest BCUT2D eigenvalue weighted by Gasteiger charge is 2.20. The second-order valence-corrected chi connectivity index (χ2v) is 5.89. The van der Waals surface area contributed by atoms with Gasteiger partial charge in [0.1, 0.15) is 0 Å². The van der Waals surface area contributed by atoms with Crippen LogP contribution in [0.1, 0.15) is 31.9 Å². The molecule has 92 valence electrons. The minimum atomic E-state index is -0.0378. The first-order valence-electron chi connectivity index (χ1n) is 5.83. The molecule has 2 N–H and O–H groups in total. The molecule has 0 radical (unpaired) electrons. The van der Waals surface area contributed by atoms with Crippen molar-refractivity contribution in [2.24, 2.45) is 0 Å². The Hall–Kier alpha value is -1.65. The van der Waals surface area contributed by atoms with E-state index in [1.54, 1.807) is 0 Å². The summed E-state index contributed by atoms with van der Waals surface area (Å²) in [6.45, 7) is 6.42. The minimum absolute atomic E-state index is 0.0378. The van der Waals surface area contributed by atoms with Crippen molar-refractivity contribution in [1.29, 1.82) is 0 Å². The summed E-state index contributed by atoms with van der Waals surface area (Å²) in [5, 5.41) is 2.68. The van der Waals surface area contributed by atoms with Crippen LogP contribution in [0.15, 0.2) is 24.3 Å². The monoisotopic (exact) mass is 257 g/mol. The lowest BCUT2D eigenvalue weighted by Crippen LogP contribution is -2.13. The molecule has 0 aliphatic carbocycles. The third-order valence-electron chi connectivity index (χ3n) is 3.04. The molecule has 0 spiro atoms. The van der Waals surface area contributed by atoms with Crippen molar-refractivity contribution in [2.45, 2.75) is 26.2 Å². The van der Waals surface area contributed by atoms with Crippen LogP contribution in [-0.4, -0.2) is 0 Å². The number of rotatable bonds is 0. The van der Waals surface area contributed by atoms with Gasteiger partial charge in [-0.25, -0.2) is 0 Å². The second kappa shape index (κ2) is 4.23. The average molecular weight is 258 g/mol. The van der Waals surface area contributed by atoms with Gasteiger partial charge < -0.3 is 5.73 Å². The summed E-state index contributed by atoms with van der Waals surface area (Å²) in [4.78, 5) is 0. The standard InChI is InChI=1S/C16H16ClN/c1-5-12-14(17)7-6-10-8-11(18)9-13(15(10)12)16(2,3)4/h1,6-9H,18H2,2-4H3. The van der Waals surface area contributed by atoms with E-state index in [9.17, 15) is 0 Å². The zero-order valence-electron chi connectivity index (χ0n) is 10.8. The number of fused-ring (bicyclic) bond motifs is 1. The first kappa shape index (κ1) is 12.8. The van der Waals surface area contributed by atoms with Crippen LogP contribution in [0.3, 0.4) is 0 Å². The van der Waals surface area contributed by atoms with E-state index in [4.69, 9.17) is 23.8 Å². The summed E-state index contributed by atoms with van der Waals surface area (Å²) in [5.41, 5.74) is 8.56. The SMILES string of the molecule is C#Cc1c(Cl)ccc2cc(N)cc(C(C)(C)C)c12. The van der Waals surface area contributed by atoms with Gasteiger partial charge in [-0.05, 0) is 34.6 Å². The summed E-state index contributed by atoms with van der Waals surface area (Å²) in [7, 11) is 0. The molecule has 0 heterocycles. The first-order chi connectivity index (χ1) is 8.34. The number of nitrogens with two attached hydrogens (primary N) is 1. The van der Waals surface area contributed by atoms with E-state index < -0.39 is 0 Å². The maximum absolute atomic E-state index is 6.19. The number of hydrogen-bond donors (Lipinski definition) is 1. The van der Waals surface area contributed by atoms with Gasteiger partial charge in [0.2, 0.25) is 0 Å². The van der Waals surface area contributed by atoms with Crippen LogP contribution in [0.2, 0.25) is 5.02 Å². The van der Waals surface area contributed by atoms with Crippen molar-refractivity contribution < 1.29 is 0 Å². The molecule has 18 heavy (non-hydrogen) atoms. The van der Waals surface area contributed by atoms with Crippen molar-refractivity contribution >= 4 is 28.1 Å². The van der Waals surface area contributed by atoms with Gasteiger partial charge in [0, 0.05) is 11.1 Å². The maximum Gasteiger partial charge on any atom is 0.0569 e. The summed E-state index contributed by atoms with van der Waals surface area (Å²) in [6, 6.07) is 7.70. The van der Waals surface area contributed by atoms with E-state index in [1.165, 1.54) is 0 Å². The summed E-state index contributed by atoms with van der Waals surface area (Å²) >= 11 is 6.19. The molecule has 0 unspecified atom stereocenters. The molecule has 1 nitrogen and oxygen atoms in total. The molecule has 2 aromatic rings. The Bertz CT molecular complexity index is 657.